The predicted octanol–water partition coefficient (Wildman–Crippen LogP) is 3.51. The number of aryl methyl sites for hydroxylation is 1. The van der Waals surface area contributed by atoms with Crippen LogP contribution in [0.15, 0.2) is 48.5 Å². The second-order valence-electron chi connectivity index (χ2n) is 7.29. The number of hydrogen-bond acceptors (Lipinski definition) is 3. The fraction of sp³-hybridized carbons (Fsp3) is 0.381. The minimum absolute atomic E-state index is 0.0815. The third-order valence-corrected chi connectivity index (χ3v) is 7.03. The lowest BCUT2D eigenvalue weighted by Gasteiger charge is -2.31. The quantitative estimate of drug-likeness (QED) is 0.777. The average Bonchev–Trinajstić information content (AvgIpc) is 2.68. The maximum absolute atomic E-state index is 12.8. The highest BCUT2D eigenvalue weighted by Crippen LogP contribution is 2.22. The van der Waals surface area contributed by atoms with E-state index in [1.54, 1.807) is 24.3 Å². The van der Waals surface area contributed by atoms with Crippen LogP contribution in [0.25, 0.3) is 0 Å². The minimum atomic E-state index is -3.48. The summed E-state index contributed by atoms with van der Waals surface area (Å²) in [7, 11) is -3.48. The molecule has 0 spiro atoms. The summed E-state index contributed by atoms with van der Waals surface area (Å²) in [4.78, 5) is 12.6. The van der Waals surface area contributed by atoms with E-state index in [9.17, 15) is 13.2 Å². The van der Waals surface area contributed by atoms with E-state index in [4.69, 9.17) is 11.6 Å². The normalized spacial score (nSPS) is 18.0. The van der Waals surface area contributed by atoms with Crippen LogP contribution in [-0.4, -0.2) is 31.7 Å². The average molecular weight is 421 g/mol. The Labute approximate surface area is 171 Å². The third-order valence-electron chi connectivity index (χ3n) is 4.96. The number of carbonyl (C=O) groups excluding carboxylic acids is 1. The van der Waals surface area contributed by atoms with Gasteiger partial charge in [0.15, 0.2) is 0 Å². The number of carbonyl (C=O) groups is 1. The summed E-state index contributed by atoms with van der Waals surface area (Å²) in [6.07, 6.45) is 1.38. The number of sulfonamides is 1. The first-order chi connectivity index (χ1) is 13.3. The van der Waals surface area contributed by atoms with Gasteiger partial charge in [-0.2, -0.15) is 0 Å². The predicted molar refractivity (Wildman–Crippen MR) is 111 cm³/mol. The van der Waals surface area contributed by atoms with Crippen LogP contribution in [0.1, 0.15) is 29.5 Å². The number of nitrogens with one attached hydrogen (secondary N) is 1. The summed E-state index contributed by atoms with van der Waals surface area (Å²) in [5.41, 5.74) is 2.87. The fourth-order valence-electron chi connectivity index (χ4n) is 3.45. The van der Waals surface area contributed by atoms with Gasteiger partial charge in [0, 0.05) is 24.7 Å². The van der Waals surface area contributed by atoms with Crippen molar-refractivity contribution in [3.8, 4) is 0 Å². The molecule has 150 valence electrons. The van der Waals surface area contributed by atoms with E-state index in [-0.39, 0.29) is 24.1 Å². The Morgan fingerprint density at radius 2 is 1.93 bits per heavy atom. The molecule has 2 aromatic carbocycles. The van der Waals surface area contributed by atoms with Gasteiger partial charge in [-0.05, 0) is 43.0 Å². The molecule has 5 nitrogen and oxygen atoms in total. The molecule has 0 aliphatic carbocycles. The van der Waals surface area contributed by atoms with Gasteiger partial charge >= 0.3 is 0 Å². The Morgan fingerprint density at radius 1 is 1.18 bits per heavy atom. The van der Waals surface area contributed by atoms with Crippen LogP contribution in [0.5, 0.6) is 0 Å². The Morgan fingerprint density at radius 3 is 2.64 bits per heavy atom. The number of amides is 1. The molecule has 2 aromatic rings. The largest absolute Gasteiger partial charge is 0.352 e. The molecule has 0 aromatic heterocycles. The number of hydrogen-bond donors (Lipinski definition) is 1. The zero-order chi connectivity index (χ0) is 20.1. The maximum atomic E-state index is 12.8. The van der Waals surface area contributed by atoms with Gasteiger partial charge in [-0.25, -0.2) is 12.7 Å². The molecule has 7 heteroatoms. The van der Waals surface area contributed by atoms with E-state index >= 15 is 0 Å². The molecule has 1 N–H and O–H groups in total. The minimum Gasteiger partial charge on any atom is -0.352 e. The molecule has 1 saturated heterocycles. The zero-order valence-corrected chi connectivity index (χ0v) is 17.5. The Balaban J connectivity index is 1.59. The molecule has 0 saturated carbocycles. The number of benzene rings is 2. The number of piperidine rings is 1. The molecule has 1 fully saturated rings. The van der Waals surface area contributed by atoms with E-state index in [0.717, 1.165) is 11.1 Å². The lowest BCUT2D eigenvalue weighted by Crippen LogP contribution is -2.45. The van der Waals surface area contributed by atoms with Gasteiger partial charge in [0.25, 0.3) is 0 Å². The van der Waals surface area contributed by atoms with Crippen molar-refractivity contribution in [1.29, 1.82) is 0 Å². The van der Waals surface area contributed by atoms with E-state index in [0.29, 0.717) is 36.5 Å². The first kappa shape index (κ1) is 20.8. The summed E-state index contributed by atoms with van der Waals surface area (Å²) < 4.78 is 27.0. The Bertz CT molecular complexity index is 929. The molecule has 28 heavy (non-hydrogen) atoms. The summed E-state index contributed by atoms with van der Waals surface area (Å²) in [6, 6.07) is 14.8. The second-order valence-corrected chi connectivity index (χ2v) is 9.69. The smallest absolute Gasteiger partial charge is 0.224 e. The molecule has 0 bridgehead atoms. The first-order valence-corrected chi connectivity index (χ1v) is 11.4. The van der Waals surface area contributed by atoms with Gasteiger partial charge < -0.3 is 5.32 Å². The Hall–Kier alpha value is -1.89. The summed E-state index contributed by atoms with van der Waals surface area (Å²) in [6.45, 7) is 3.15. The van der Waals surface area contributed by atoms with E-state index in [1.165, 1.54) is 4.31 Å². The van der Waals surface area contributed by atoms with E-state index < -0.39 is 10.0 Å². The third kappa shape index (κ3) is 5.56. The maximum Gasteiger partial charge on any atom is 0.224 e. The Kier molecular flexibility index (Phi) is 6.75. The molecule has 1 atom stereocenters. The van der Waals surface area contributed by atoms with Crippen LogP contribution in [0, 0.1) is 12.8 Å². The van der Waals surface area contributed by atoms with Crippen molar-refractivity contribution in [3.63, 3.8) is 0 Å². The molecule has 1 aliphatic heterocycles. The fourth-order valence-corrected chi connectivity index (χ4v) is 5.18. The monoisotopic (exact) mass is 420 g/mol. The van der Waals surface area contributed by atoms with Gasteiger partial charge in [0.1, 0.15) is 0 Å². The highest BCUT2D eigenvalue weighted by molar-refractivity contribution is 7.88. The summed E-state index contributed by atoms with van der Waals surface area (Å²) in [5.74, 6) is -0.492. The van der Waals surface area contributed by atoms with Crippen LogP contribution in [0.2, 0.25) is 5.02 Å². The molecule has 3 rings (SSSR count). The molecule has 1 aliphatic rings. The van der Waals surface area contributed by atoms with Gasteiger partial charge in [-0.1, -0.05) is 53.6 Å². The molecular weight excluding hydrogens is 396 g/mol. The van der Waals surface area contributed by atoms with Crippen molar-refractivity contribution in [2.24, 2.45) is 5.92 Å². The second kappa shape index (κ2) is 9.07. The summed E-state index contributed by atoms with van der Waals surface area (Å²) >= 11 is 5.86. The molecule has 1 amide bonds. The molecular formula is C21H25ClN2O3S. The van der Waals surface area contributed by atoms with E-state index in [2.05, 4.69) is 5.32 Å². The van der Waals surface area contributed by atoms with Crippen molar-refractivity contribution in [2.45, 2.75) is 32.1 Å². The molecule has 0 unspecified atom stereocenters. The van der Waals surface area contributed by atoms with Crippen LogP contribution >= 0.6 is 11.6 Å². The highest BCUT2D eigenvalue weighted by atomic mass is 35.5. The highest BCUT2D eigenvalue weighted by Gasteiger charge is 2.32. The lowest BCUT2D eigenvalue weighted by molar-refractivity contribution is -0.126. The van der Waals surface area contributed by atoms with Gasteiger partial charge in [0.2, 0.25) is 15.9 Å². The van der Waals surface area contributed by atoms with Crippen molar-refractivity contribution in [2.75, 3.05) is 13.1 Å². The van der Waals surface area contributed by atoms with Crippen molar-refractivity contribution in [3.05, 3.63) is 70.2 Å². The molecule has 1 heterocycles. The number of nitrogens with zero attached hydrogens (tertiary/aromatic N) is 1. The van der Waals surface area contributed by atoms with Crippen molar-refractivity contribution in [1.82, 2.24) is 9.62 Å². The van der Waals surface area contributed by atoms with Crippen LogP contribution < -0.4 is 5.32 Å². The van der Waals surface area contributed by atoms with Crippen LogP contribution in [-0.2, 0) is 27.1 Å². The van der Waals surface area contributed by atoms with Crippen LogP contribution in [0.3, 0.4) is 0 Å². The lowest BCUT2D eigenvalue weighted by atomic mass is 9.98. The van der Waals surface area contributed by atoms with Crippen molar-refractivity contribution < 1.29 is 13.2 Å². The van der Waals surface area contributed by atoms with Crippen molar-refractivity contribution >= 4 is 27.5 Å². The first-order valence-electron chi connectivity index (χ1n) is 9.39. The van der Waals surface area contributed by atoms with Crippen LogP contribution in [0.4, 0.5) is 0 Å². The number of rotatable bonds is 6. The summed E-state index contributed by atoms with van der Waals surface area (Å²) in [5, 5.41) is 3.52. The standard InChI is InChI=1S/C21H25ClN2O3S/c1-16-4-2-5-18(12-16)13-23-21(25)19-6-3-11-24(14-19)28(26,27)15-17-7-9-20(22)10-8-17/h2,4-5,7-10,12,19H,3,6,11,13-15H2,1H3,(H,23,25)/t19-/m1/s1. The molecule has 0 radical (unpaired) electrons. The van der Waals surface area contributed by atoms with E-state index in [1.807, 2.05) is 31.2 Å². The van der Waals surface area contributed by atoms with Gasteiger partial charge in [-0.15, -0.1) is 0 Å². The SMILES string of the molecule is Cc1cccc(CNC(=O)[C@@H]2CCCN(S(=O)(=O)Cc3ccc(Cl)cc3)C2)c1. The van der Waals surface area contributed by atoms with Gasteiger partial charge in [-0.3, -0.25) is 4.79 Å². The van der Waals surface area contributed by atoms with Gasteiger partial charge in [0.05, 0.1) is 11.7 Å². The topological polar surface area (TPSA) is 66.5 Å². The number of halogens is 1. The zero-order valence-electron chi connectivity index (χ0n) is 15.9.